The summed E-state index contributed by atoms with van der Waals surface area (Å²) in [6, 6.07) is 16.7. The second kappa shape index (κ2) is 6.38. The van der Waals surface area contributed by atoms with Crippen LogP contribution < -0.4 is 10.1 Å². The molecule has 1 amide bonds. The molecule has 4 heteroatoms. The first-order valence-electron chi connectivity index (χ1n) is 5.93. The summed E-state index contributed by atoms with van der Waals surface area (Å²) in [5.41, 5.74) is 0.763. The van der Waals surface area contributed by atoms with Crippen molar-refractivity contribution in [2.75, 3.05) is 5.32 Å². The molecule has 1 atom stereocenters. The van der Waals surface area contributed by atoms with E-state index in [9.17, 15) is 4.79 Å². The highest BCUT2D eigenvalue weighted by molar-refractivity contribution is 9.10. The molecule has 0 radical (unpaired) electrons. The van der Waals surface area contributed by atoms with Crippen LogP contribution in [0, 0.1) is 0 Å². The summed E-state index contributed by atoms with van der Waals surface area (Å²) in [7, 11) is 0. The van der Waals surface area contributed by atoms with Crippen molar-refractivity contribution in [3.05, 3.63) is 59.1 Å². The van der Waals surface area contributed by atoms with Crippen molar-refractivity contribution < 1.29 is 9.53 Å². The van der Waals surface area contributed by atoms with E-state index < -0.39 is 6.10 Å². The fraction of sp³-hybridized carbons (Fsp3) is 0.133. The predicted molar refractivity (Wildman–Crippen MR) is 79.3 cm³/mol. The van der Waals surface area contributed by atoms with E-state index in [1.807, 2.05) is 54.6 Å². The standard InChI is InChI=1S/C15H14BrNO2/c1-11(19-14-9-7-12(16)8-10-14)15(18)17-13-5-3-2-4-6-13/h2-11H,1H3,(H,17,18). The van der Waals surface area contributed by atoms with Crippen molar-refractivity contribution in [2.45, 2.75) is 13.0 Å². The van der Waals surface area contributed by atoms with Crippen molar-refractivity contribution in [1.29, 1.82) is 0 Å². The molecule has 1 unspecified atom stereocenters. The maximum Gasteiger partial charge on any atom is 0.265 e. The van der Waals surface area contributed by atoms with E-state index in [2.05, 4.69) is 21.2 Å². The first kappa shape index (κ1) is 13.6. The Hall–Kier alpha value is -1.81. The lowest BCUT2D eigenvalue weighted by atomic mass is 10.3. The van der Waals surface area contributed by atoms with Gasteiger partial charge in [-0.2, -0.15) is 0 Å². The lowest BCUT2D eigenvalue weighted by Crippen LogP contribution is -2.30. The number of hydrogen-bond acceptors (Lipinski definition) is 2. The van der Waals surface area contributed by atoms with Crippen LogP contribution in [0.5, 0.6) is 5.75 Å². The van der Waals surface area contributed by atoms with Crippen LogP contribution in [0.4, 0.5) is 5.69 Å². The third-order valence-corrected chi connectivity index (χ3v) is 3.07. The third-order valence-electron chi connectivity index (χ3n) is 2.54. The lowest BCUT2D eigenvalue weighted by Gasteiger charge is -2.14. The first-order chi connectivity index (χ1) is 9.15. The summed E-state index contributed by atoms with van der Waals surface area (Å²) >= 11 is 3.35. The molecule has 0 saturated heterocycles. The third kappa shape index (κ3) is 4.10. The second-order valence-corrected chi connectivity index (χ2v) is 4.98. The number of ether oxygens (including phenoxy) is 1. The van der Waals surface area contributed by atoms with E-state index in [0.29, 0.717) is 5.75 Å². The summed E-state index contributed by atoms with van der Waals surface area (Å²) in [5, 5.41) is 2.80. The molecule has 2 rings (SSSR count). The smallest absolute Gasteiger partial charge is 0.265 e. The zero-order chi connectivity index (χ0) is 13.7. The van der Waals surface area contributed by atoms with Crippen LogP contribution in [0.3, 0.4) is 0 Å². The van der Waals surface area contributed by atoms with E-state index in [-0.39, 0.29) is 5.91 Å². The molecule has 0 bridgehead atoms. The van der Waals surface area contributed by atoms with Crippen LogP contribution in [-0.4, -0.2) is 12.0 Å². The minimum absolute atomic E-state index is 0.172. The molecule has 0 spiro atoms. The molecule has 0 aliphatic carbocycles. The number of benzene rings is 2. The van der Waals surface area contributed by atoms with Gasteiger partial charge >= 0.3 is 0 Å². The summed E-state index contributed by atoms with van der Waals surface area (Å²) in [4.78, 5) is 11.9. The molecule has 0 saturated carbocycles. The van der Waals surface area contributed by atoms with Crippen molar-refractivity contribution in [2.24, 2.45) is 0 Å². The lowest BCUT2D eigenvalue weighted by molar-refractivity contribution is -0.122. The van der Waals surface area contributed by atoms with Crippen LogP contribution in [0.1, 0.15) is 6.92 Å². The Labute approximate surface area is 120 Å². The normalized spacial score (nSPS) is 11.7. The molecule has 1 N–H and O–H groups in total. The number of para-hydroxylation sites is 1. The Bertz CT molecular complexity index is 540. The number of rotatable bonds is 4. The van der Waals surface area contributed by atoms with Crippen molar-refractivity contribution in [3.63, 3.8) is 0 Å². The van der Waals surface area contributed by atoms with Gasteiger partial charge in [0.15, 0.2) is 6.10 Å². The molecule has 98 valence electrons. The SMILES string of the molecule is CC(Oc1ccc(Br)cc1)C(=O)Nc1ccccc1. The molecule has 2 aromatic carbocycles. The molecule has 0 aromatic heterocycles. The van der Waals surface area contributed by atoms with E-state index in [1.54, 1.807) is 6.92 Å². The monoisotopic (exact) mass is 319 g/mol. The van der Waals surface area contributed by atoms with Crippen LogP contribution in [0.15, 0.2) is 59.1 Å². The largest absolute Gasteiger partial charge is 0.481 e. The Morgan fingerprint density at radius 1 is 1.11 bits per heavy atom. The molecule has 0 aliphatic rings. The average molecular weight is 320 g/mol. The van der Waals surface area contributed by atoms with Crippen LogP contribution >= 0.6 is 15.9 Å². The van der Waals surface area contributed by atoms with Crippen LogP contribution in [0.2, 0.25) is 0 Å². The highest BCUT2D eigenvalue weighted by Gasteiger charge is 2.14. The minimum atomic E-state index is -0.554. The van der Waals surface area contributed by atoms with Gasteiger partial charge in [-0.05, 0) is 43.3 Å². The van der Waals surface area contributed by atoms with Crippen molar-refractivity contribution in [3.8, 4) is 5.75 Å². The molecular weight excluding hydrogens is 306 g/mol. The number of halogens is 1. The Kier molecular flexibility index (Phi) is 4.58. The summed E-state index contributed by atoms with van der Waals surface area (Å²) in [6.45, 7) is 1.72. The quantitative estimate of drug-likeness (QED) is 0.929. The number of anilines is 1. The van der Waals surface area contributed by atoms with Gasteiger partial charge in [0.1, 0.15) is 5.75 Å². The van der Waals surface area contributed by atoms with Crippen molar-refractivity contribution in [1.82, 2.24) is 0 Å². The summed E-state index contributed by atoms with van der Waals surface area (Å²) < 4.78 is 6.54. The number of hydrogen-bond donors (Lipinski definition) is 1. The van der Waals surface area contributed by atoms with Gasteiger partial charge in [-0.25, -0.2) is 0 Å². The highest BCUT2D eigenvalue weighted by atomic mass is 79.9. The number of carbonyl (C=O) groups excluding carboxylic acids is 1. The number of carbonyl (C=O) groups is 1. The van der Waals surface area contributed by atoms with Gasteiger partial charge in [0.05, 0.1) is 0 Å². The fourth-order valence-corrected chi connectivity index (χ4v) is 1.80. The van der Waals surface area contributed by atoms with Gasteiger partial charge in [0, 0.05) is 10.2 Å². The Morgan fingerprint density at radius 2 is 1.74 bits per heavy atom. The summed E-state index contributed by atoms with van der Waals surface area (Å²) in [6.07, 6.45) is -0.554. The minimum Gasteiger partial charge on any atom is -0.481 e. The number of amides is 1. The maximum absolute atomic E-state index is 11.9. The van der Waals surface area contributed by atoms with E-state index in [4.69, 9.17) is 4.74 Å². The zero-order valence-electron chi connectivity index (χ0n) is 10.5. The first-order valence-corrected chi connectivity index (χ1v) is 6.72. The topological polar surface area (TPSA) is 38.3 Å². The predicted octanol–water partition coefficient (Wildman–Crippen LogP) is 3.86. The maximum atomic E-state index is 11.9. The summed E-state index contributed by atoms with van der Waals surface area (Å²) in [5.74, 6) is 0.494. The molecule has 19 heavy (non-hydrogen) atoms. The molecule has 2 aromatic rings. The van der Waals surface area contributed by atoms with Gasteiger partial charge in [-0.3, -0.25) is 4.79 Å². The van der Waals surface area contributed by atoms with Crippen LogP contribution in [-0.2, 0) is 4.79 Å². The van der Waals surface area contributed by atoms with Crippen molar-refractivity contribution >= 4 is 27.5 Å². The van der Waals surface area contributed by atoms with E-state index >= 15 is 0 Å². The fourth-order valence-electron chi connectivity index (χ4n) is 1.54. The number of nitrogens with one attached hydrogen (secondary N) is 1. The van der Waals surface area contributed by atoms with Gasteiger partial charge < -0.3 is 10.1 Å². The molecule has 3 nitrogen and oxygen atoms in total. The zero-order valence-corrected chi connectivity index (χ0v) is 12.1. The Morgan fingerprint density at radius 3 is 2.37 bits per heavy atom. The van der Waals surface area contributed by atoms with E-state index in [0.717, 1.165) is 10.2 Å². The molecule has 0 aliphatic heterocycles. The molecule has 0 heterocycles. The van der Waals surface area contributed by atoms with Gasteiger partial charge in [0.2, 0.25) is 0 Å². The van der Waals surface area contributed by atoms with Gasteiger partial charge in [-0.1, -0.05) is 34.1 Å². The Balaban J connectivity index is 1.94. The van der Waals surface area contributed by atoms with E-state index in [1.165, 1.54) is 0 Å². The second-order valence-electron chi connectivity index (χ2n) is 4.07. The average Bonchev–Trinajstić information content (AvgIpc) is 2.42. The van der Waals surface area contributed by atoms with Gasteiger partial charge in [-0.15, -0.1) is 0 Å². The molecule has 0 fully saturated rings. The molecular formula is C15H14BrNO2. The van der Waals surface area contributed by atoms with Gasteiger partial charge in [0.25, 0.3) is 5.91 Å². The highest BCUT2D eigenvalue weighted by Crippen LogP contribution is 2.17. The van der Waals surface area contributed by atoms with Crippen LogP contribution in [0.25, 0.3) is 0 Å².